The molecule has 0 aromatic carbocycles. The van der Waals surface area contributed by atoms with Crippen LogP contribution in [0.15, 0.2) is 12.2 Å². The molecule has 0 amide bonds. The quantitative estimate of drug-likeness (QED) is 0.390. The summed E-state index contributed by atoms with van der Waals surface area (Å²) >= 11 is 0. The summed E-state index contributed by atoms with van der Waals surface area (Å²) in [7, 11) is 1.32. The minimum Gasteiger partial charge on any atom is -0.466 e. The molecule has 0 bridgehead atoms. The van der Waals surface area contributed by atoms with Crippen molar-refractivity contribution in [3.05, 3.63) is 12.2 Å². The van der Waals surface area contributed by atoms with Crippen molar-refractivity contribution in [2.45, 2.75) is 38.7 Å². The summed E-state index contributed by atoms with van der Waals surface area (Å²) in [6, 6.07) is 0. The van der Waals surface area contributed by atoms with Gasteiger partial charge in [-0.2, -0.15) is 0 Å². The fourth-order valence-electron chi connectivity index (χ4n) is 0.957. The van der Waals surface area contributed by atoms with Gasteiger partial charge in [0.2, 0.25) is 0 Å². The molecule has 0 radical (unpaired) electrons. The van der Waals surface area contributed by atoms with Crippen LogP contribution in [0, 0.1) is 0 Å². The molecular formula is C10H18O3. The molecule has 0 aliphatic heterocycles. The van der Waals surface area contributed by atoms with Gasteiger partial charge in [0.1, 0.15) is 0 Å². The average molecular weight is 186 g/mol. The van der Waals surface area contributed by atoms with E-state index in [0.29, 0.717) is 6.42 Å². The zero-order valence-electron chi connectivity index (χ0n) is 8.32. The Kier molecular flexibility index (Phi) is 7.30. The van der Waals surface area contributed by atoms with E-state index < -0.39 is 12.1 Å². The van der Waals surface area contributed by atoms with Crippen LogP contribution in [0.3, 0.4) is 0 Å². The van der Waals surface area contributed by atoms with Crippen LogP contribution in [0.5, 0.6) is 0 Å². The Labute approximate surface area is 79.4 Å². The predicted molar refractivity (Wildman–Crippen MR) is 51.3 cm³/mol. The van der Waals surface area contributed by atoms with Crippen molar-refractivity contribution in [2.24, 2.45) is 0 Å². The van der Waals surface area contributed by atoms with E-state index in [0.717, 1.165) is 19.3 Å². The monoisotopic (exact) mass is 186 g/mol. The maximum absolute atomic E-state index is 10.6. The first kappa shape index (κ1) is 12.2. The molecule has 0 aromatic rings. The molecule has 76 valence electrons. The Morgan fingerprint density at radius 1 is 1.54 bits per heavy atom. The minimum absolute atomic E-state index is 0.422. The van der Waals surface area contributed by atoms with Gasteiger partial charge in [-0.3, -0.25) is 0 Å². The summed E-state index contributed by atoms with van der Waals surface area (Å²) in [5, 5.41) is 9.33. The van der Waals surface area contributed by atoms with Crippen molar-refractivity contribution in [1.82, 2.24) is 0 Å². The molecule has 0 saturated carbocycles. The molecule has 0 fully saturated rings. The first-order valence-electron chi connectivity index (χ1n) is 4.65. The van der Waals surface area contributed by atoms with E-state index in [1.165, 1.54) is 19.3 Å². The van der Waals surface area contributed by atoms with Crippen molar-refractivity contribution >= 4 is 5.97 Å². The Morgan fingerprint density at radius 2 is 2.23 bits per heavy atom. The van der Waals surface area contributed by atoms with Gasteiger partial charge in [-0.05, 0) is 12.5 Å². The van der Waals surface area contributed by atoms with E-state index in [4.69, 9.17) is 0 Å². The molecule has 0 heterocycles. The third-order valence-electron chi connectivity index (χ3n) is 1.76. The molecule has 0 rings (SSSR count). The van der Waals surface area contributed by atoms with Crippen LogP contribution in [0.2, 0.25) is 0 Å². The Morgan fingerprint density at radius 3 is 2.77 bits per heavy atom. The molecule has 0 saturated heterocycles. The maximum Gasteiger partial charge on any atom is 0.330 e. The zero-order chi connectivity index (χ0) is 10.1. The number of unbranched alkanes of at least 4 members (excludes halogenated alkanes) is 2. The summed E-state index contributed by atoms with van der Waals surface area (Å²) in [5.74, 6) is -0.422. The van der Waals surface area contributed by atoms with Crippen LogP contribution in [0.4, 0.5) is 0 Å². The van der Waals surface area contributed by atoms with Crippen LogP contribution in [-0.4, -0.2) is 24.3 Å². The van der Waals surface area contributed by atoms with Gasteiger partial charge in [0.15, 0.2) is 0 Å². The number of methoxy groups -OCH3 is 1. The smallest absolute Gasteiger partial charge is 0.330 e. The second kappa shape index (κ2) is 7.80. The highest BCUT2D eigenvalue weighted by atomic mass is 16.5. The topological polar surface area (TPSA) is 46.5 Å². The number of carbonyl (C=O) groups excluding carboxylic acids is 1. The lowest BCUT2D eigenvalue weighted by molar-refractivity contribution is -0.134. The van der Waals surface area contributed by atoms with Gasteiger partial charge in [-0.25, -0.2) is 4.79 Å². The molecule has 0 aliphatic carbocycles. The van der Waals surface area contributed by atoms with Gasteiger partial charge in [-0.1, -0.05) is 26.2 Å². The van der Waals surface area contributed by atoms with Crippen LogP contribution >= 0.6 is 0 Å². The largest absolute Gasteiger partial charge is 0.466 e. The summed E-state index contributed by atoms with van der Waals surface area (Å²) in [6.45, 7) is 2.11. The summed E-state index contributed by atoms with van der Waals surface area (Å²) in [5.41, 5.74) is 0. The van der Waals surface area contributed by atoms with Crippen LogP contribution in [-0.2, 0) is 9.53 Å². The first-order chi connectivity index (χ1) is 6.20. The Hall–Kier alpha value is -0.830. The number of hydrogen-bond acceptors (Lipinski definition) is 3. The van der Waals surface area contributed by atoms with Gasteiger partial charge in [-0.15, -0.1) is 0 Å². The lowest BCUT2D eigenvalue weighted by Crippen LogP contribution is -2.03. The van der Waals surface area contributed by atoms with Gasteiger partial charge in [0.25, 0.3) is 0 Å². The highest BCUT2D eigenvalue weighted by Gasteiger charge is 1.99. The second-order valence-corrected chi connectivity index (χ2v) is 2.95. The molecule has 0 aromatic heterocycles. The second-order valence-electron chi connectivity index (χ2n) is 2.95. The molecule has 1 unspecified atom stereocenters. The predicted octanol–water partition coefficient (Wildman–Crippen LogP) is 1.66. The van der Waals surface area contributed by atoms with Crippen molar-refractivity contribution in [2.75, 3.05) is 7.11 Å². The van der Waals surface area contributed by atoms with Crippen molar-refractivity contribution in [1.29, 1.82) is 0 Å². The minimum atomic E-state index is -0.523. The summed E-state index contributed by atoms with van der Waals surface area (Å²) in [4.78, 5) is 10.6. The Bertz CT molecular complexity index is 164. The number of aliphatic hydroxyl groups is 1. The third-order valence-corrected chi connectivity index (χ3v) is 1.76. The van der Waals surface area contributed by atoms with E-state index in [1.54, 1.807) is 0 Å². The molecule has 0 aliphatic rings. The number of ether oxygens (including phenoxy) is 1. The lowest BCUT2D eigenvalue weighted by Gasteiger charge is -2.03. The zero-order valence-corrected chi connectivity index (χ0v) is 8.32. The van der Waals surface area contributed by atoms with Crippen LogP contribution < -0.4 is 0 Å². The van der Waals surface area contributed by atoms with E-state index >= 15 is 0 Å². The molecule has 1 atom stereocenters. The molecule has 13 heavy (non-hydrogen) atoms. The summed E-state index contributed by atoms with van der Waals surface area (Å²) in [6.07, 6.45) is 6.16. The molecule has 0 spiro atoms. The maximum atomic E-state index is 10.6. The number of esters is 1. The van der Waals surface area contributed by atoms with Gasteiger partial charge < -0.3 is 9.84 Å². The van der Waals surface area contributed by atoms with E-state index in [1.807, 2.05) is 0 Å². The highest BCUT2D eigenvalue weighted by Crippen LogP contribution is 2.04. The standard InChI is InChI=1S/C10H18O3/c1-3-4-5-6-9(11)7-8-10(12)13-2/h7-9,11H,3-6H2,1-2H3/b8-7+. The van der Waals surface area contributed by atoms with E-state index in [2.05, 4.69) is 11.7 Å². The van der Waals surface area contributed by atoms with E-state index in [-0.39, 0.29) is 0 Å². The first-order valence-corrected chi connectivity index (χ1v) is 4.65. The van der Waals surface area contributed by atoms with Crippen molar-refractivity contribution in [3.8, 4) is 0 Å². The van der Waals surface area contributed by atoms with Crippen LogP contribution in [0.25, 0.3) is 0 Å². The Balaban J connectivity index is 3.54. The van der Waals surface area contributed by atoms with Gasteiger partial charge in [0.05, 0.1) is 13.2 Å². The van der Waals surface area contributed by atoms with E-state index in [9.17, 15) is 9.90 Å². The summed E-state index contributed by atoms with van der Waals surface area (Å²) < 4.78 is 4.39. The number of carbonyl (C=O) groups is 1. The number of aliphatic hydroxyl groups excluding tert-OH is 1. The SMILES string of the molecule is CCCCCC(O)/C=C/C(=O)OC. The molecule has 3 nitrogen and oxygen atoms in total. The van der Waals surface area contributed by atoms with Crippen molar-refractivity contribution < 1.29 is 14.6 Å². The fraction of sp³-hybridized carbons (Fsp3) is 0.700. The molecule has 3 heteroatoms. The van der Waals surface area contributed by atoms with Crippen LogP contribution in [0.1, 0.15) is 32.6 Å². The third kappa shape index (κ3) is 7.53. The normalized spacial score (nSPS) is 13.2. The van der Waals surface area contributed by atoms with Gasteiger partial charge >= 0.3 is 5.97 Å². The molecular weight excluding hydrogens is 168 g/mol. The number of rotatable bonds is 6. The number of hydrogen-bond donors (Lipinski definition) is 1. The molecule has 1 N–H and O–H groups in total. The van der Waals surface area contributed by atoms with Gasteiger partial charge in [0, 0.05) is 6.08 Å². The fourth-order valence-corrected chi connectivity index (χ4v) is 0.957. The van der Waals surface area contributed by atoms with Crippen molar-refractivity contribution in [3.63, 3.8) is 0 Å². The lowest BCUT2D eigenvalue weighted by atomic mass is 10.1. The average Bonchev–Trinajstić information content (AvgIpc) is 2.14. The highest BCUT2D eigenvalue weighted by molar-refractivity contribution is 5.81.